The molecule has 10 heteroatoms. The first-order valence-electron chi connectivity index (χ1n) is 12.3. The van der Waals surface area contributed by atoms with Gasteiger partial charge in [-0.15, -0.1) is 0 Å². The average Bonchev–Trinajstić information content (AvgIpc) is 2.89. The van der Waals surface area contributed by atoms with E-state index in [1.807, 2.05) is 51.1 Å². The zero-order valence-electron chi connectivity index (χ0n) is 22.3. The van der Waals surface area contributed by atoms with Gasteiger partial charge in [-0.25, -0.2) is 4.39 Å². The summed E-state index contributed by atoms with van der Waals surface area (Å²) in [7, 11) is 1.30. The van der Waals surface area contributed by atoms with Gasteiger partial charge in [-0.05, 0) is 50.1 Å². The summed E-state index contributed by atoms with van der Waals surface area (Å²) in [5, 5.41) is 14.2. The van der Waals surface area contributed by atoms with Crippen molar-refractivity contribution in [3.8, 4) is 11.5 Å². The molecule has 0 aliphatic carbocycles. The number of hydrogen-bond donors (Lipinski definition) is 1. The Bertz CT molecular complexity index is 1290. The van der Waals surface area contributed by atoms with Crippen LogP contribution < -0.4 is 14.8 Å². The van der Waals surface area contributed by atoms with Crippen LogP contribution in [0.15, 0.2) is 72.8 Å². The van der Waals surface area contributed by atoms with Gasteiger partial charge in [0.2, 0.25) is 11.7 Å². The van der Waals surface area contributed by atoms with Crippen molar-refractivity contribution in [2.75, 3.05) is 13.7 Å². The Morgan fingerprint density at radius 3 is 2.28 bits per heavy atom. The SMILES string of the molecule is COc1cc(OCC(=O)N(Cc2ccc(F)cc2)C(Cc2ccccc2)C(=O)NC(C)(C)C)ccc1[N+](=O)[O-]. The lowest BCUT2D eigenvalue weighted by molar-refractivity contribution is -0.385. The standard InChI is InChI=1S/C29H32FN3O6/c1-29(2,3)31-28(35)25(16-20-8-6-5-7-9-20)32(18-21-10-12-22(30)13-11-21)27(34)19-39-23-14-15-24(33(36)37)26(17-23)38-4/h5-15,17,25H,16,18-19H2,1-4H3,(H,31,35). The van der Waals surface area contributed by atoms with Crippen LogP contribution in [0.1, 0.15) is 31.9 Å². The van der Waals surface area contributed by atoms with Crippen LogP contribution in [0, 0.1) is 15.9 Å². The fourth-order valence-corrected chi connectivity index (χ4v) is 3.92. The highest BCUT2D eigenvalue weighted by molar-refractivity contribution is 5.89. The third-order valence-corrected chi connectivity index (χ3v) is 5.75. The molecular weight excluding hydrogens is 505 g/mol. The number of nitro benzene ring substituents is 1. The molecular formula is C29H32FN3O6. The molecule has 206 valence electrons. The first-order valence-corrected chi connectivity index (χ1v) is 12.3. The van der Waals surface area contributed by atoms with Gasteiger partial charge in [0.05, 0.1) is 12.0 Å². The number of hydrogen-bond acceptors (Lipinski definition) is 6. The summed E-state index contributed by atoms with van der Waals surface area (Å²) in [5.41, 5.74) is 0.686. The molecule has 0 fully saturated rings. The third-order valence-electron chi connectivity index (χ3n) is 5.75. The van der Waals surface area contributed by atoms with Crippen molar-refractivity contribution in [1.29, 1.82) is 0 Å². The van der Waals surface area contributed by atoms with E-state index in [2.05, 4.69) is 5.32 Å². The highest BCUT2D eigenvalue weighted by atomic mass is 19.1. The zero-order valence-corrected chi connectivity index (χ0v) is 22.3. The van der Waals surface area contributed by atoms with Gasteiger partial charge >= 0.3 is 5.69 Å². The molecule has 3 rings (SSSR count). The third kappa shape index (κ3) is 8.53. The lowest BCUT2D eigenvalue weighted by Crippen LogP contribution is -2.55. The molecule has 0 heterocycles. The highest BCUT2D eigenvalue weighted by Gasteiger charge is 2.32. The number of ether oxygens (including phenoxy) is 2. The number of nitro groups is 1. The Balaban J connectivity index is 1.93. The van der Waals surface area contributed by atoms with Crippen LogP contribution in [-0.2, 0) is 22.6 Å². The maximum Gasteiger partial charge on any atom is 0.311 e. The van der Waals surface area contributed by atoms with E-state index < -0.39 is 34.8 Å². The summed E-state index contributed by atoms with van der Waals surface area (Å²) in [5.74, 6) is -1.09. The fraction of sp³-hybridized carbons (Fsp3) is 0.310. The van der Waals surface area contributed by atoms with E-state index in [-0.39, 0.29) is 36.1 Å². The number of nitrogens with one attached hydrogen (secondary N) is 1. The molecule has 0 radical (unpaired) electrons. The lowest BCUT2D eigenvalue weighted by atomic mass is 10.0. The minimum Gasteiger partial charge on any atom is -0.490 e. The average molecular weight is 538 g/mol. The number of halogens is 1. The minimum atomic E-state index is -0.904. The monoisotopic (exact) mass is 537 g/mol. The van der Waals surface area contributed by atoms with Crippen LogP contribution in [0.2, 0.25) is 0 Å². The van der Waals surface area contributed by atoms with Crippen molar-refractivity contribution in [3.63, 3.8) is 0 Å². The molecule has 3 aromatic carbocycles. The van der Waals surface area contributed by atoms with Crippen molar-refractivity contribution in [2.45, 2.75) is 45.3 Å². The Hall–Kier alpha value is -4.47. The van der Waals surface area contributed by atoms with E-state index in [9.17, 15) is 24.1 Å². The smallest absolute Gasteiger partial charge is 0.311 e. The first-order chi connectivity index (χ1) is 18.5. The van der Waals surface area contributed by atoms with Gasteiger partial charge in [0.15, 0.2) is 6.61 Å². The second-order valence-electron chi connectivity index (χ2n) is 9.97. The summed E-state index contributed by atoms with van der Waals surface area (Å²) in [6.45, 7) is 5.13. The molecule has 1 atom stereocenters. The van der Waals surface area contributed by atoms with E-state index in [1.54, 1.807) is 12.1 Å². The highest BCUT2D eigenvalue weighted by Crippen LogP contribution is 2.31. The van der Waals surface area contributed by atoms with E-state index in [4.69, 9.17) is 9.47 Å². The molecule has 0 bridgehead atoms. The van der Waals surface area contributed by atoms with E-state index in [1.165, 1.54) is 42.3 Å². The van der Waals surface area contributed by atoms with E-state index in [0.29, 0.717) is 5.56 Å². The quantitative estimate of drug-likeness (QED) is 0.281. The van der Waals surface area contributed by atoms with Crippen molar-refractivity contribution < 1.29 is 28.4 Å². The van der Waals surface area contributed by atoms with Crippen LogP contribution in [0.25, 0.3) is 0 Å². The number of nitrogens with zero attached hydrogens (tertiary/aromatic N) is 2. The van der Waals surface area contributed by atoms with Gasteiger partial charge in [-0.2, -0.15) is 0 Å². The Kier molecular flexibility index (Phi) is 9.59. The second kappa shape index (κ2) is 12.9. The summed E-state index contributed by atoms with van der Waals surface area (Å²) in [4.78, 5) is 39.2. The van der Waals surface area contributed by atoms with Gasteiger partial charge in [0.25, 0.3) is 5.91 Å². The maximum absolute atomic E-state index is 13.6. The van der Waals surface area contributed by atoms with Crippen molar-refractivity contribution in [3.05, 3.63) is 99.9 Å². The summed E-state index contributed by atoms with van der Waals surface area (Å²) in [6, 6.07) is 18.0. The summed E-state index contributed by atoms with van der Waals surface area (Å²) < 4.78 is 24.3. The molecule has 2 amide bonds. The molecule has 9 nitrogen and oxygen atoms in total. The molecule has 0 saturated heterocycles. The Morgan fingerprint density at radius 2 is 1.69 bits per heavy atom. The molecule has 3 aromatic rings. The van der Waals surface area contributed by atoms with E-state index in [0.717, 1.165) is 5.56 Å². The molecule has 0 aliphatic heterocycles. The van der Waals surface area contributed by atoms with Crippen LogP contribution in [-0.4, -0.2) is 46.9 Å². The largest absolute Gasteiger partial charge is 0.490 e. The molecule has 0 saturated carbocycles. The van der Waals surface area contributed by atoms with Gasteiger partial charge in [0.1, 0.15) is 17.6 Å². The second-order valence-corrected chi connectivity index (χ2v) is 9.97. The fourth-order valence-electron chi connectivity index (χ4n) is 3.92. The predicted octanol–water partition coefficient (Wildman–Crippen LogP) is 4.68. The zero-order chi connectivity index (χ0) is 28.6. The van der Waals surface area contributed by atoms with Crippen molar-refractivity contribution in [2.24, 2.45) is 0 Å². The van der Waals surface area contributed by atoms with Gasteiger partial charge in [0, 0.05) is 30.6 Å². The van der Waals surface area contributed by atoms with Crippen LogP contribution in [0.5, 0.6) is 11.5 Å². The normalized spacial score (nSPS) is 11.8. The molecule has 0 aliphatic rings. The van der Waals surface area contributed by atoms with Crippen molar-refractivity contribution in [1.82, 2.24) is 10.2 Å². The Labute approximate surface area is 226 Å². The topological polar surface area (TPSA) is 111 Å². The Morgan fingerprint density at radius 1 is 1.03 bits per heavy atom. The molecule has 1 N–H and O–H groups in total. The number of carbonyl (C=O) groups excluding carboxylic acids is 2. The molecule has 1 unspecified atom stereocenters. The van der Waals surface area contributed by atoms with Gasteiger partial charge < -0.3 is 19.7 Å². The minimum absolute atomic E-state index is 0.0142. The summed E-state index contributed by atoms with van der Waals surface area (Å²) >= 11 is 0. The number of amides is 2. The maximum atomic E-state index is 13.6. The number of rotatable bonds is 11. The van der Waals surface area contributed by atoms with Crippen LogP contribution in [0.4, 0.5) is 10.1 Å². The number of methoxy groups -OCH3 is 1. The van der Waals surface area contributed by atoms with E-state index >= 15 is 0 Å². The van der Waals surface area contributed by atoms with Gasteiger partial charge in [-0.1, -0.05) is 42.5 Å². The van der Waals surface area contributed by atoms with Crippen molar-refractivity contribution >= 4 is 17.5 Å². The predicted molar refractivity (Wildman–Crippen MR) is 144 cm³/mol. The molecule has 0 aromatic heterocycles. The molecule has 39 heavy (non-hydrogen) atoms. The van der Waals surface area contributed by atoms with Crippen LogP contribution in [0.3, 0.4) is 0 Å². The summed E-state index contributed by atoms with van der Waals surface area (Å²) in [6.07, 6.45) is 0.237. The molecule has 0 spiro atoms. The first kappa shape index (κ1) is 29.1. The van der Waals surface area contributed by atoms with Crippen LogP contribution >= 0.6 is 0 Å². The number of benzene rings is 3. The van der Waals surface area contributed by atoms with Gasteiger partial charge in [-0.3, -0.25) is 19.7 Å². The number of carbonyl (C=O) groups is 2. The lowest BCUT2D eigenvalue weighted by Gasteiger charge is -2.33.